The summed E-state index contributed by atoms with van der Waals surface area (Å²) in [7, 11) is 0. The van der Waals surface area contributed by atoms with E-state index in [1.165, 1.54) is 18.5 Å². The van der Waals surface area contributed by atoms with Crippen molar-refractivity contribution in [3.05, 3.63) is 25.1 Å². The molecule has 82 valence electrons. The zero-order valence-corrected chi connectivity index (χ0v) is 10.3. The van der Waals surface area contributed by atoms with Gasteiger partial charge in [-0.3, -0.25) is 0 Å². The third kappa shape index (κ3) is 5.85. The predicted molar refractivity (Wildman–Crippen MR) is 65.0 cm³/mol. The minimum absolute atomic E-state index is 0.310. The van der Waals surface area contributed by atoms with Crippen LogP contribution in [0.2, 0.25) is 0 Å². The third-order valence-corrected chi connectivity index (χ3v) is 2.11. The number of hydrogen-bond donors (Lipinski definition) is 0. The first kappa shape index (κ1) is 13.3. The highest BCUT2D eigenvalue weighted by Gasteiger charge is 2.14. The molecule has 0 fully saturated rings. The van der Waals surface area contributed by atoms with Gasteiger partial charge in [-0.1, -0.05) is 47.3 Å². The molecule has 0 aliphatic rings. The third-order valence-electron chi connectivity index (χ3n) is 2.11. The maximum absolute atomic E-state index is 4.12. The van der Waals surface area contributed by atoms with E-state index in [1.54, 1.807) is 0 Å². The van der Waals surface area contributed by atoms with E-state index in [4.69, 9.17) is 0 Å². The summed E-state index contributed by atoms with van der Waals surface area (Å²) in [6, 6.07) is 0. The Kier molecular flexibility index (Phi) is 5.59. The van der Waals surface area contributed by atoms with E-state index in [-0.39, 0.29) is 0 Å². The molecule has 0 radical (unpaired) electrons. The Morgan fingerprint density at radius 2 is 1.93 bits per heavy atom. The summed E-state index contributed by atoms with van der Waals surface area (Å²) in [5.41, 5.74) is 1.49. The van der Waals surface area contributed by atoms with Crippen LogP contribution in [-0.4, -0.2) is 11.4 Å². The first-order chi connectivity index (χ1) is 6.40. The molecule has 0 atom stereocenters. The minimum atomic E-state index is 0.310. The molecule has 0 N–H and O–H groups in total. The Bertz CT molecular complexity index is 186. The first-order valence-electron chi connectivity index (χ1n) is 5.47. The molecule has 0 spiro atoms. The molecule has 0 amide bonds. The van der Waals surface area contributed by atoms with Crippen LogP contribution in [0.3, 0.4) is 0 Å². The molecule has 0 aromatic heterocycles. The van der Waals surface area contributed by atoms with Crippen molar-refractivity contribution in [2.75, 3.05) is 6.54 Å². The van der Waals surface area contributed by atoms with Crippen molar-refractivity contribution in [1.29, 1.82) is 0 Å². The normalized spacial score (nSPS) is 11.1. The van der Waals surface area contributed by atoms with E-state index in [0.717, 1.165) is 13.0 Å². The summed E-state index contributed by atoms with van der Waals surface area (Å²) in [6.45, 7) is 17.9. The Morgan fingerprint density at radius 1 is 1.36 bits per heavy atom. The lowest BCUT2D eigenvalue weighted by Crippen LogP contribution is -2.20. The van der Waals surface area contributed by atoms with Crippen molar-refractivity contribution < 1.29 is 0 Å². The Hall–Kier alpha value is -0.720. The lowest BCUT2D eigenvalue weighted by molar-refractivity contribution is 0.343. The van der Waals surface area contributed by atoms with Gasteiger partial charge in [-0.15, -0.1) is 0 Å². The topological polar surface area (TPSA) is 3.24 Å². The molecular weight excluding hydrogens is 170 g/mol. The fraction of sp³-hybridized carbons (Fsp3) is 0.692. The van der Waals surface area contributed by atoms with Gasteiger partial charge in [0.1, 0.15) is 0 Å². The van der Waals surface area contributed by atoms with Crippen molar-refractivity contribution in [2.24, 2.45) is 5.41 Å². The molecule has 1 nitrogen and oxygen atoms in total. The van der Waals surface area contributed by atoms with Crippen molar-refractivity contribution in [3.63, 3.8) is 0 Å². The van der Waals surface area contributed by atoms with Crippen molar-refractivity contribution in [2.45, 2.75) is 47.0 Å². The molecule has 0 aromatic rings. The van der Waals surface area contributed by atoms with Crippen LogP contribution in [0, 0.1) is 5.41 Å². The van der Waals surface area contributed by atoms with Crippen LogP contribution in [0.5, 0.6) is 0 Å². The van der Waals surface area contributed by atoms with Gasteiger partial charge in [0.05, 0.1) is 0 Å². The van der Waals surface area contributed by atoms with Crippen LogP contribution in [0.4, 0.5) is 0 Å². The molecule has 14 heavy (non-hydrogen) atoms. The number of allylic oxidation sites excluding steroid dienone is 1. The molecule has 0 rings (SSSR count). The van der Waals surface area contributed by atoms with Gasteiger partial charge >= 0.3 is 0 Å². The highest BCUT2D eigenvalue weighted by Crippen LogP contribution is 2.25. The molecule has 1 heteroatoms. The second kappa shape index (κ2) is 5.90. The smallest absolute Gasteiger partial charge is 0.0221 e. The van der Waals surface area contributed by atoms with Crippen LogP contribution in [0.15, 0.2) is 25.1 Å². The van der Waals surface area contributed by atoms with Gasteiger partial charge < -0.3 is 4.90 Å². The van der Waals surface area contributed by atoms with E-state index in [2.05, 4.69) is 45.8 Å². The van der Waals surface area contributed by atoms with E-state index < -0.39 is 0 Å². The van der Waals surface area contributed by atoms with Gasteiger partial charge in [0.15, 0.2) is 0 Å². The summed E-state index contributed by atoms with van der Waals surface area (Å²) < 4.78 is 0. The lowest BCUT2D eigenvalue weighted by Gasteiger charge is -2.27. The van der Waals surface area contributed by atoms with Crippen LogP contribution < -0.4 is 0 Å². The van der Waals surface area contributed by atoms with Crippen LogP contribution in [0.25, 0.3) is 0 Å². The van der Waals surface area contributed by atoms with E-state index in [0.29, 0.717) is 5.41 Å². The quantitative estimate of drug-likeness (QED) is 0.614. The molecule has 0 unspecified atom stereocenters. The fourth-order valence-electron chi connectivity index (χ4n) is 1.42. The first-order valence-corrected chi connectivity index (χ1v) is 5.47. The maximum Gasteiger partial charge on any atom is 0.0221 e. The van der Waals surface area contributed by atoms with E-state index in [1.807, 2.05) is 6.20 Å². The Morgan fingerprint density at radius 3 is 2.29 bits per heavy atom. The summed E-state index contributed by atoms with van der Waals surface area (Å²) in [4.78, 5) is 2.18. The summed E-state index contributed by atoms with van der Waals surface area (Å²) in [5, 5.41) is 0. The van der Waals surface area contributed by atoms with Gasteiger partial charge in [0.2, 0.25) is 0 Å². The van der Waals surface area contributed by atoms with Crippen LogP contribution >= 0.6 is 0 Å². The standard InChI is InChI=1S/C13H25N/c1-7-9-10-14(8-2)12(3)11-13(4,5)6/h8H,2-3,7,9-11H2,1,4-6H3. The van der Waals surface area contributed by atoms with Crippen molar-refractivity contribution in [1.82, 2.24) is 4.90 Å². The maximum atomic E-state index is 4.12. The highest BCUT2D eigenvalue weighted by molar-refractivity contribution is 5.00. The number of hydrogen-bond acceptors (Lipinski definition) is 1. The van der Waals surface area contributed by atoms with Crippen LogP contribution in [0.1, 0.15) is 47.0 Å². The summed E-state index contributed by atoms with van der Waals surface area (Å²) in [6.07, 6.45) is 5.34. The number of unbranched alkanes of at least 4 members (excludes halogenated alkanes) is 1. The fourth-order valence-corrected chi connectivity index (χ4v) is 1.42. The van der Waals surface area contributed by atoms with E-state index in [9.17, 15) is 0 Å². The SMILES string of the molecule is C=CN(CCCC)C(=C)CC(C)(C)C. The van der Waals surface area contributed by atoms with Gasteiger partial charge in [0.25, 0.3) is 0 Å². The second-order valence-electron chi connectivity index (χ2n) is 5.03. The molecule has 0 bridgehead atoms. The van der Waals surface area contributed by atoms with Gasteiger partial charge in [0, 0.05) is 12.2 Å². The van der Waals surface area contributed by atoms with Gasteiger partial charge in [-0.25, -0.2) is 0 Å². The average molecular weight is 195 g/mol. The van der Waals surface area contributed by atoms with Crippen molar-refractivity contribution >= 4 is 0 Å². The number of nitrogens with zero attached hydrogens (tertiary/aromatic N) is 1. The second-order valence-corrected chi connectivity index (χ2v) is 5.03. The molecule has 0 aliphatic carbocycles. The van der Waals surface area contributed by atoms with Crippen LogP contribution in [-0.2, 0) is 0 Å². The minimum Gasteiger partial charge on any atom is -0.353 e. The molecular formula is C13H25N. The van der Waals surface area contributed by atoms with Gasteiger partial charge in [-0.05, 0) is 24.5 Å². The average Bonchev–Trinajstić information content (AvgIpc) is 2.02. The molecule has 0 aromatic carbocycles. The lowest BCUT2D eigenvalue weighted by atomic mass is 9.90. The zero-order chi connectivity index (χ0) is 11.2. The molecule has 0 saturated carbocycles. The number of rotatable bonds is 6. The monoisotopic (exact) mass is 195 g/mol. The molecule has 0 saturated heterocycles. The Balaban J connectivity index is 4.11. The largest absolute Gasteiger partial charge is 0.353 e. The zero-order valence-electron chi connectivity index (χ0n) is 10.3. The Labute approximate surface area is 89.5 Å². The van der Waals surface area contributed by atoms with Gasteiger partial charge in [-0.2, -0.15) is 0 Å². The predicted octanol–water partition coefficient (Wildman–Crippen LogP) is 4.18. The van der Waals surface area contributed by atoms with E-state index >= 15 is 0 Å². The molecule has 0 heterocycles. The molecule has 0 aliphatic heterocycles. The van der Waals surface area contributed by atoms with Crippen molar-refractivity contribution in [3.8, 4) is 0 Å². The summed E-state index contributed by atoms with van der Waals surface area (Å²) >= 11 is 0. The summed E-state index contributed by atoms with van der Waals surface area (Å²) in [5.74, 6) is 0. The highest BCUT2D eigenvalue weighted by atomic mass is 15.1.